The molecule has 3 aliphatic carbocycles. The number of fused-ring (bicyclic) bond motifs is 5. The maximum atomic E-state index is 12.5. The second-order valence-electron chi connectivity index (χ2n) is 9.93. The molecular weight excluding hydrogens is 372 g/mol. The quantitative estimate of drug-likeness (QED) is 0.666. The predicted molar refractivity (Wildman–Crippen MR) is 118 cm³/mol. The van der Waals surface area contributed by atoms with Gasteiger partial charge in [0.1, 0.15) is 12.4 Å². The topological polar surface area (TPSA) is 46.5 Å². The van der Waals surface area contributed by atoms with Crippen molar-refractivity contribution in [1.82, 2.24) is 0 Å². The maximum absolute atomic E-state index is 12.5. The van der Waals surface area contributed by atoms with Crippen molar-refractivity contribution in [2.45, 2.75) is 71.0 Å². The van der Waals surface area contributed by atoms with Gasteiger partial charge in [0, 0.05) is 0 Å². The van der Waals surface area contributed by atoms with E-state index in [1.165, 1.54) is 17.5 Å². The van der Waals surface area contributed by atoms with Crippen LogP contribution >= 0.6 is 0 Å². The van der Waals surface area contributed by atoms with E-state index in [0.29, 0.717) is 29.9 Å². The lowest BCUT2D eigenvalue weighted by molar-refractivity contribution is -0.0226. The van der Waals surface area contributed by atoms with E-state index in [-0.39, 0.29) is 17.3 Å². The Morgan fingerprint density at radius 1 is 1.13 bits per heavy atom. The van der Waals surface area contributed by atoms with Crippen LogP contribution in [0.4, 0.5) is 0 Å². The monoisotopic (exact) mass is 404 g/mol. The summed E-state index contributed by atoms with van der Waals surface area (Å²) in [5.41, 5.74) is 4.63. The lowest BCUT2D eigenvalue weighted by Gasteiger charge is -2.50. The van der Waals surface area contributed by atoms with Crippen LogP contribution < -0.4 is 4.74 Å². The molecule has 3 heteroatoms. The van der Waals surface area contributed by atoms with Gasteiger partial charge in [0.15, 0.2) is 5.78 Å². The number of aliphatic hydroxyl groups is 1. The van der Waals surface area contributed by atoms with Crippen molar-refractivity contribution in [3.05, 3.63) is 64.7 Å². The molecular formula is C27H32O3. The molecule has 5 rings (SSSR count). The lowest BCUT2D eigenvalue weighted by atomic mass is 9.55. The van der Waals surface area contributed by atoms with E-state index in [1.54, 1.807) is 6.92 Å². The molecule has 3 nitrogen and oxygen atoms in total. The third kappa shape index (κ3) is 3.19. The zero-order valence-electron chi connectivity index (χ0n) is 18.1. The van der Waals surface area contributed by atoms with Gasteiger partial charge in [-0.25, -0.2) is 0 Å². The Morgan fingerprint density at radius 3 is 2.70 bits per heavy atom. The van der Waals surface area contributed by atoms with Crippen LogP contribution in [-0.2, 0) is 13.0 Å². The molecule has 158 valence electrons. The normalized spacial score (nSPS) is 32.1. The molecule has 0 bridgehead atoms. The van der Waals surface area contributed by atoms with Gasteiger partial charge in [0.25, 0.3) is 0 Å². The first-order valence-electron chi connectivity index (χ1n) is 11.5. The molecule has 0 aromatic heterocycles. The van der Waals surface area contributed by atoms with Gasteiger partial charge in [0.05, 0.1) is 11.7 Å². The number of rotatable bonds is 4. The molecule has 0 saturated heterocycles. The SMILES string of the molecule is CC(=O)c1cc2c(cc1OCc1ccccc1)CC[C@@H]1[C@@H]2CC[C@]2(C)[C@@H](O)CC[C@@H]12. The Hall–Kier alpha value is -2.13. The van der Waals surface area contributed by atoms with Crippen molar-refractivity contribution in [2.24, 2.45) is 17.3 Å². The van der Waals surface area contributed by atoms with Crippen molar-refractivity contribution >= 4 is 5.78 Å². The van der Waals surface area contributed by atoms with Crippen LogP contribution in [0.25, 0.3) is 0 Å². The first-order chi connectivity index (χ1) is 14.5. The Labute approximate surface area is 179 Å². The first-order valence-corrected chi connectivity index (χ1v) is 11.5. The summed E-state index contributed by atoms with van der Waals surface area (Å²) in [6.07, 6.45) is 6.37. The van der Waals surface area contributed by atoms with E-state index in [1.807, 2.05) is 30.3 Å². The highest BCUT2D eigenvalue weighted by Crippen LogP contribution is 2.61. The highest BCUT2D eigenvalue weighted by Gasteiger charge is 2.54. The lowest BCUT2D eigenvalue weighted by Crippen LogP contribution is -2.44. The van der Waals surface area contributed by atoms with Crippen LogP contribution in [0, 0.1) is 17.3 Å². The van der Waals surface area contributed by atoms with Gasteiger partial charge in [0.2, 0.25) is 0 Å². The molecule has 0 unspecified atom stereocenters. The summed E-state index contributed by atoms with van der Waals surface area (Å²) in [4.78, 5) is 12.5. The molecule has 0 radical (unpaired) electrons. The zero-order chi connectivity index (χ0) is 20.9. The van der Waals surface area contributed by atoms with Crippen LogP contribution in [0.2, 0.25) is 0 Å². The van der Waals surface area contributed by atoms with Crippen molar-refractivity contribution in [3.8, 4) is 5.75 Å². The molecule has 1 N–H and O–H groups in total. The van der Waals surface area contributed by atoms with Crippen LogP contribution in [0.15, 0.2) is 42.5 Å². The Morgan fingerprint density at radius 2 is 1.93 bits per heavy atom. The van der Waals surface area contributed by atoms with Crippen LogP contribution in [0.5, 0.6) is 5.75 Å². The minimum Gasteiger partial charge on any atom is -0.488 e. The number of aryl methyl sites for hydroxylation is 1. The fourth-order valence-electron chi connectivity index (χ4n) is 6.70. The maximum Gasteiger partial charge on any atom is 0.163 e. The van der Waals surface area contributed by atoms with Gasteiger partial charge >= 0.3 is 0 Å². The van der Waals surface area contributed by atoms with Crippen LogP contribution in [0.3, 0.4) is 0 Å². The van der Waals surface area contributed by atoms with E-state index < -0.39 is 0 Å². The number of Topliss-reactive ketones (excluding diaryl/α,β-unsaturated/α-hetero) is 1. The summed E-state index contributed by atoms with van der Waals surface area (Å²) in [7, 11) is 0. The average Bonchev–Trinajstić information content (AvgIpc) is 3.06. The van der Waals surface area contributed by atoms with E-state index in [0.717, 1.165) is 43.4 Å². The Bertz CT molecular complexity index is 950. The summed E-state index contributed by atoms with van der Waals surface area (Å²) in [6, 6.07) is 14.4. The molecule has 0 heterocycles. The van der Waals surface area contributed by atoms with E-state index >= 15 is 0 Å². The molecule has 2 aromatic carbocycles. The van der Waals surface area contributed by atoms with Gasteiger partial charge in [-0.1, -0.05) is 37.3 Å². The fraction of sp³-hybridized carbons (Fsp3) is 0.519. The summed E-state index contributed by atoms with van der Waals surface area (Å²) >= 11 is 0. The second kappa shape index (κ2) is 7.53. The predicted octanol–water partition coefficient (Wildman–Crippen LogP) is 5.69. The molecule has 3 aliphatic rings. The molecule has 2 saturated carbocycles. The fourth-order valence-corrected chi connectivity index (χ4v) is 6.70. The molecule has 0 amide bonds. The Kier molecular flexibility index (Phi) is 4.97. The van der Waals surface area contributed by atoms with Gasteiger partial charge in [-0.3, -0.25) is 4.79 Å². The average molecular weight is 405 g/mol. The minimum absolute atomic E-state index is 0.0694. The second-order valence-corrected chi connectivity index (χ2v) is 9.93. The highest BCUT2D eigenvalue weighted by atomic mass is 16.5. The van der Waals surface area contributed by atoms with Crippen molar-refractivity contribution < 1.29 is 14.6 Å². The number of aliphatic hydroxyl groups excluding tert-OH is 1. The van der Waals surface area contributed by atoms with Gasteiger partial charge < -0.3 is 9.84 Å². The van der Waals surface area contributed by atoms with Gasteiger partial charge in [-0.05, 0) is 97.4 Å². The molecule has 2 fully saturated rings. The standard InChI is InChI=1S/C27H32O3/c1-17(28)22-15-23-19(14-25(22)30-16-18-6-4-3-5-7-18)8-9-21-20(23)12-13-27(2)24(21)10-11-26(27)29/h3-7,14-15,20-21,24,26,29H,8-13,16H2,1-2H3/t20-,21+,24-,26-,27-/m0/s1. The number of benzene rings is 2. The zero-order valence-corrected chi connectivity index (χ0v) is 18.1. The largest absolute Gasteiger partial charge is 0.488 e. The number of ketones is 1. The molecule has 5 atom stereocenters. The molecule has 0 aliphatic heterocycles. The van der Waals surface area contributed by atoms with Crippen LogP contribution in [-0.4, -0.2) is 17.0 Å². The van der Waals surface area contributed by atoms with Gasteiger partial charge in [-0.15, -0.1) is 0 Å². The molecule has 2 aromatic rings. The van der Waals surface area contributed by atoms with E-state index in [9.17, 15) is 9.90 Å². The minimum atomic E-state index is -0.147. The number of carbonyl (C=O) groups is 1. The number of hydrogen-bond donors (Lipinski definition) is 1. The summed E-state index contributed by atoms with van der Waals surface area (Å²) in [5, 5.41) is 10.6. The van der Waals surface area contributed by atoms with Crippen LogP contribution in [0.1, 0.15) is 78.9 Å². The van der Waals surface area contributed by atoms with Crippen molar-refractivity contribution in [2.75, 3.05) is 0 Å². The number of carbonyl (C=O) groups excluding carboxylic acids is 1. The summed E-state index contributed by atoms with van der Waals surface area (Å²) < 4.78 is 6.13. The highest BCUT2D eigenvalue weighted by molar-refractivity contribution is 5.97. The summed E-state index contributed by atoms with van der Waals surface area (Å²) in [5.74, 6) is 2.54. The van der Waals surface area contributed by atoms with E-state index in [2.05, 4.69) is 19.1 Å². The third-order valence-corrected chi connectivity index (χ3v) is 8.39. The third-order valence-electron chi connectivity index (χ3n) is 8.39. The first kappa shape index (κ1) is 19.8. The molecule has 0 spiro atoms. The smallest absolute Gasteiger partial charge is 0.163 e. The number of hydrogen-bond acceptors (Lipinski definition) is 3. The van der Waals surface area contributed by atoms with Crippen molar-refractivity contribution in [3.63, 3.8) is 0 Å². The molecule has 30 heavy (non-hydrogen) atoms. The van der Waals surface area contributed by atoms with E-state index in [4.69, 9.17) is 4.74 Å². The van der Waals surface area contributed by atoms with Crippen molar-refractivity contribution in [1.29, 1.82) is 0 Å². The summed E-state index contributed by atoms with van der Waals surface area (Å²) in [6.45, 7) is 4.43. The van der Waals surface area contributed by atoms with Gasteiger partial charge in [-0.2, -0.15) is 0 Å². The number of ether oxygens (including phenoxy) is 1. The Balaban J connectivity index is 1.45.